The fourth-order valence-corrected chi connectivity index (χ4v) is 1.77. The Labute approximate surface area is 73.4 Å². The molecular formula is C11H14O. The lowest BCUT2D eigenvalue weighted by atomic mass is 9.95. The van der Waals surface area contributed by atoms with Crippen LogP contribution in [0.3, 0.4) is 0 Å². The van der Waals surface area contributed by atoms with Gasteiger partial charge in [0.1, 0.15) is 0 Å². The highest BCUT2D eigenvalue weighted by Gasteiger charge is 2.11. The van der Waals surface area contributed by atoms with E-state index in [1.165, 1.54) is 22.3 Å². The van der Waals surface area contributed by atoms with Crippen molar-refractivity contribution in [3.8, 4) is 0 Å². The summed E-state index contributed by atoms with van der Waals surface area (Å²) in [6.07, 6.45) is 1.09. The Kier molecular flexibility index (Phi) is 1.89. The van der Waals surface area contributed by atoms with Gasteiger partial charge in [0, 0.05) is 0 Å². The zero-order chi connectivity index (χ0) is 8.55. The van der Waals surface area contributed by atoms with Crippen molar-refractivity contribution in [1.82, 2.24) is 0 Å². The first-order valence-electron chi connectivity index (χ1n) is 4.45. The van der Waals surface area contributed by atoms with Crippen LogP contribution in [-0.4, -0.2) is 6.61 Å². The third kappa shape index (κ3) is 1.14. The Morgan fingerprint density at radius 2 is 2.08 bits per heavy atom. The molecule has 12 heavy (non-hydrogen) atoms. The van der Waals surface area contributed by atoms with Gasteiger partial charge in [0.05, 0.1) is 13.2 Å². The van der Waals surface area contributed by atoms with Crippen molar-refractivity contribution < 1.29 is 4.74 Å². The predicted molar refractivity (Wildman–Crippen MR) is 49.3 cm³/mol. The number of fused-ring (bicyclic) bond motifs is 1. The Balaban J connectivity index is 2.54. The van der Waals surface area contributed by atoms with E-state index in [4.69, 9.17) is 4.74 Å². The number of aryl methyl sites for hydroxylation is 1. The fraction of sp³-hybridized carbons (Fsp3) is 0.455. The topological polar surface area (TPSA) is 9.23 Å². The van der Waals surface area contributed by atoms with Gasteiger partial charge in [-0.3, -0.25) is 0 Å². The molecule has 1 aliphatic heterocycles. The van der Waals surface area contributed by atoms with Gasteiger partial charge in [-0.2, -0.15) is 0 Å². The van der Waals surface area contributed by atoms with E-state index in [-0.39, 0.29) is 0 Å². The zero-order valence-corrected chi connectivity index (χ0v) is 7.68. The van der Waals surface area contributed by atoms with E-state index in [0.717, 1.165) is 19.6 Å². The number of hydrogen-bond donors (Lipinski definition) is 0. The van der Waals surface area contributed by atoms with Gasteiger partial charge < -0.3 is 4.74 Å². The first kappa shape index (κ1) is 7.81. The average molecular weight is 162 g/mol. The molecule has 0 saturated heterocycles. The predicted octanol–water partition coefficient (Wildman–Crippen LogP) is 2.38. The summed E-state index contributed by atoms with van der Waals surface area (Å²) in [6.45, 7) is 6.07. The summed E-state index contributed by atoms with van der Waals surface area (Å²) in [5.41, 5.74) is 5.75. The van der Waals surface area contributed by atoms with Crippen molar-refractivity contribution in [2.45, 2.75) is 26.9 Å². The highest BCUT2D eigenvalue weighted by Crippen LogP contribution is 2.22. The summed E-state index contributed by atoms with van der Waals surface area (Å²) in [4.78, 5) is 0. The van der Waals surface area contributed by atoms with E-state index < -0.39 is 0 Å². The number of hydrogen-bond acceptors (Lipinski definition) is 1. The second-order valence-electron chi connectivity index (χ2n) is 3.45. The summed E-state index contributed by atoms with van der Waals surface area (Å²) in [6, 6.07) is 4.37. The van der Waals surface area contributed by atoms with Crippen LogP contribution in [0.1, 0.15) is 22.3 Å². The maximum Gasteiger partial charge on any atom is 0.0719 e. The minimum Gasteiger partial charge on any atom is -0.376 e. The second kappa shape index (κ2) is 2.91. The van der Waals surface area contributed by atoms with Gasteiger partial charge in [-0.1, -0.05) is 12.1 Å². The first-order valence-corrected chi connectivity index (χ1v) is 4.45. The van der Waals surface area contributed by atoms with Gasteiger partial charge in [0.25, 0.3) is 0 Å². The normalized spacial score (nSPS) is 15.8. The Morgan fingerprint density at radius 3 is 2.92 bits per heavy atom. The molecule has 0 saturated carbocycles. The molecule has 1 aliphatic rings. The molecule has 0 radical (unpaired) electrons. The molecule has 0 fully saturated rings. The van der Waals surface area contributed by atoms with Gasteiger partial charge in [0.15, 0.2) is 0 Å². The van der Waals surface area contributed by atoms with Crippen LogP contribution in [-0.2, 0) is 17.8 Å². The second-order valence-corrected chi connectivity index (χ2v) is 3.45. The molecule has 0 spiro atoms. The van der Waals surface area contributed by atoms with Gasteiger partial charge >= 0.3 is 0 Å². The molecule has 1 nitrogen and oxygen atoms in total. The monoisotopic (exact) mass is 162 g/mol. The van der Waals surface area contributed by atoms with Crippen LogP contribution in [0.5, 0.6) is 0 Å². The third-order valence-electron chi connectivity index (χ3n) is 2.72. The first-order chi connectivity index (χ1) is 5.79. The Hall–Kier alpha value is -0.820. The van der Waals surface area contributed by atoms with Crippen LogP contribution in [0, 0.1) is 13.8 Å². The molecule has 64 valence electrons. The number of benzene rings is 1. The van der Waals surface area contributed by atoms with Gasteiger partial charge in [-0.05, 0) is 42.5 Å². The minimum absolute atomic E-state index is 0.802. The largest absolute Gasteiger partial charge is 0.376 e. The van der Waals surface area contributed by atoms with Crippen molar-refractivity contribution in [3.05, 3.63) is 34.4 Å². The lowest BCUT2D eigenvalue weighted by molar-refractivity contribution is 0.110. The van der Waals surface area contributed by atoms with E-state index in [0.29, 0.717) is 0 Å². The summed E-state index contributed by atoms with van der Waals surface area (Å²) in [7, 11) is 0. The van der Waals surface area contributed by atoms with Crippen molar-refractivity contribution in [3.63, 3.8) is 0 Å². The van der Waals surface area contributed by atoms with Crippen molar-refractivity contribution in [1.29, 1.82) is 0 Å². The highest BCUT2D eigenvalue weighted by molar-refractivity contribution is 5.40. The average Bonchev–Trinajstić information content (AvgIpc) is 2.12. The quantitative estimate of drug-likeness (QED) is 0.569. The molecule has 0 unspecified atom stereocenters. The fourth-order valence-electron chi connectivity index (χ4n) is 1.77. The Bertz CT molecular complexity index is 302. The van der Waals surface area contributed by atoms with E-state index >= 15 is 0 Å². The lowest BCUT2D eigenvalue weighted by Gasteiger charge is -2.19. The van der Waals surface area contributed by atoms with Gasteiger partial charge in [-0.25, -0.2) is 0 Å². The Morgan fingerprint density at radius 1 is 1.25 bits per heavy atom. The molecule has 1 heterocycles. The standard InChI is InChI=1S/C11H14O/c1-8-3-4-10-7-12-6-5-11(10)9(8)2/h3-4H,5-7H2,1-2H3. The summed E-state index contributed by atoms with van der Waals surface area (Å²) in [5, 5.41) is 0. The van der Waals surface area contributed by atoms with Crippen LogP contribution in [0.25, 0.3) is 0 Å². The van der Waals surface area contributed by atoms with Crippen molar-refractivity contribution >= 4 is 0 Å². The SMILES string of the molecule is Cc1ccc2c(c1C)CCOC2. The molecule has 0 amide bonds. The van der Waals surface area contributed by atoms with E-state index in [2.05, 4.69) is 26.0 Å². The smallest absolute Gasteiger partial charge is 0.0719 e. The number of ether oxygens (including phenoxy) is 1. The van der Waals surface area contributed by atoms with E-state index in [1.807, 2.05) is 0 Å². The minimum atomic E-state index is 0.802. The molecule has 0 aromatic heterocycles. The maximum atomic E-state index is 5.39. The highest BCUT2D eigenvalue weighted by atomic mass is 16.5. The van der Waals surface area contributed by atoms with Crippen LogP contribution in [0.15, 0.2) is 12.1 Å². The molecule has 0 atom stereocenters. The van der Waals surface area contributed by atoms with Crippen LogP contribution < -0.4 is 0 Å². The summed E-state index contributed by atoms with van der Waals surface area (Å²) >= 11 is 0. The summed E-state index contributed by atoms with van der Waals surface area (Å²) < 4.78 is 5.39. The molecule has 2 rings (SSSR count). The zero-order valence-electron chi connectivity index (χ0n) is 7.68. The van der Waals surface area contributed by atoms with Crippen LogP contribution in [0.4, 0.5) is 0 Å². The van der Waals surface area contributed by atoms with Crippen molar-refractivity contribution in [2.75, 3.05) is 6.61 Å². The van der Waals surface area contributed by atoms with E-state index in [1.54, 1.807) is 0 Å². The molecule has 0 aliphatic carbocycles. The molecule has 1 aromatic carbocycles. The molecule has 1 aromatic rings. The summed E-state index contributed by atoms with van der Waals surface area (Å²) in [5.74, 6) is 0. The molecular weight excluding hydrogens is 148 g/mol. The molecule has 0 N–H and O–H groups in total. The van der Waals surface area contributed by atoms with Gasteiger partial charge in [0.2, 0.25) is 0 Å². The maximum absolute atomic E-state index is 5.39. The van der Waals surface area contributed by atoms with Crippen LogP contribution in [0.2, 0.25) is 0 Å². The molecule has 0 bridgehead atoms. The van der Waals surface area contributed by atoms with E-state index in [9.17, 15) is 0 Å². The van der Waals surface area contributed by atoms with Crippen LogP contribution >= 0.6 is 0 Å². The molecule has 1 heteroatoms. The van der Waals surface area contributed by atoms with Crippen molar-refractivity contribution in [2.24, 2.45) is 0 Å². The lowest BCUT2D eigenvalue weighted by Crippen LogP contribution is -2.11. The van der Waals surface area contributed by atoms with Gasteiger partial charge in [-0.15, -0.1) is 0 Å². The number of rotatable bonds is 0. The third-order valence-corrected chi connectivity index (χ3v) is 2.72.